The number of nitrogens with one attached hydrogen (secondary N) is 2. The highest BCUT2D eigenvalue weighted by molar-refractivity contribution is 5.91. The van der Waals surface area contributed by atoms with Crippen molar-refractivity contribution in [2.24, 2.45) is 0 Å². The van der Waals surface area contributed by atoms with E-state index in [2.05, 4.69) is 34.4 Å². The van der Waals surface area contributed by atoms with Crippen molar-refractivity contribution in [3.8, 4) is 0 Å². The zero-order valence-corrected chi connectivity index (χ0v) is 17.3. The predicted molar refractivity (Wildman–Crippen MR) is 115 cm³/mol. The lowest BCUT2D eigenvalue weighted by molar-refractivity contribution is 0.0980. The topological polar surface area (TPSA) is 77.4 Å². The van der Waals surface area contributed by atoms with Gasteiger partial charge in [-0.1, -0.05) is 6.92 Å². The van der Waals surface area contributed by atoms with Gasteiger partial charge in [0.25, 0.3) is 0 Å². The highest BCUT2D eigenvalue weighted by Gasteiger charge is 2.41. The monoisotopic (exact) mass is 383 g/mol. The minimum absolute atomic E-state index is 0.0563. The van der Waals surface area contributed by atoms with E-state index in [1.165, 1.54) is 16.5 Å². The molecule has 1 aliphatic carbocycles. The maximum atomic E-state index is 12.7. The number of amides is 2. The molecule has 1 fully saturated rings. The molecule has 2 aromatic rings. The Labute approximate surface area is 167 Å². The molecule has 2 heterocycles. The van der Waals surface area contributed by atoms with E-state index in [0.29, 0.717) is 12.0 Å². The molecule has 28 heavy (non-hydrogen) atoms. The Balaban J connectivity index is 1.66. The summed E-state index contributed by atoms with van der Waals surface area (Å²) in [5.41, 5.74) is 10.9. The second-order valence-corrected chi connectivity index (χ2v) is 8.27. The largest absolute Gasteiger partial charge is 0.399 e. The van der Waals surface area contributed by atoms with Crippen LogP contribution >= 0.6 is 0 Å². The summed E-state index contributed by atoms with van der Waals surface area (Å²) in [7, 11) is 0. The third kappa shape index (κ3) is 3.24. The number of hydrogen-bond donors (Lipinski definition) is 3. The van der Waals surface area contributed by atoms with Crippen LogP contribution in [0, 0.1) is 0 Å². The van der Waals surface area contributed by atoms with Gasteiger partial charge in [-0.3, -0.25) is 4.90 Å². The minimum atomic E-state index is 0.0563. The lowest BCUT2D eigenvalue weighted by atomic mass is 9.73. The number of nitrogens with two attached hydrogens (primary N) is 1. The molecule has 4 rings (SSSR count). The Hall–Kier alpha value is -2.21. The molecule has 1 unspecified atom stereocenters. The number of carbonyl (C=O) groups is 1. The Bertz CT molecular complexity index is 856. The van der Waals surface area contributed by atoms with E-state index in [9.17, 15) is 4.79 Å². The molecule has 0 bridgehead atoms. The van der Waals surface area contributed by atoms with Crippen LogP contribution in [-0.4, -0.2) is 59.1 Å². The number of benzene rings is 1. The number of nitrogens with zero attached hydrogens (tertiary/aromatic N) is 2. The van der Waals surface area contributed by atoms with Gasteiger partial charge in [0.1, 0.15) is 0 Å². The maximum Gasteiger partial charge on any atom is 0.317 e. The second-order valence-electron chi connectivity index (χ2n) is 8.27. The van der Waals surface area contributed by atoms with Gasteiger partial charge in [-0.2, -0.15) is 0 Å². The number of likely N-dealkylation sites (tertiary alicyclic amines) is 1. The lowest BCUT2D eigenvalue weighted by Crippen LogP contribution is -2.57. The molecular formula is C22H33N5O. The zero-order chi connectivity index (χ0) is 19.8. The Morgan fingerprint density at radius 1 is 1.32 bits per heavy atom. The third-order valence-corrected chi connectivity index (χ3v) is 6.56. The van der Waals surface area contributed by atoms with Crippen molar-refractivity contribution in [1.29, 1.82) is 0 Å². The summed E-state index contributed by atoms with van der Waals surface area (Å²) in [6.45, 7) is 9.75. The van der Waals surface area contributed by atoms with E-state index in [1.54, 1.807) is 0 Å². The molecule has 6 heteroatoms. The van der Waals surface area contributed by atoms with Gasteiger partial charge in [0.2, 0.25) is 0 Å². The van der Waals surface area contributed by atoms with Crippen LogP contribution in [0.5, 0.6) is 0 Å². The summed E-state index contributed by atoms with van der Waals surface area (Å²) >= 11 is 0. The van der Waals surface area contributed by atoms with E-state index < -0.39 is 0 Å². The first kappa shape index (κ1) is 19.1. The molecule has 2 amide bonds. The summed E-state index contributed by atoms with van der Waals surface area (Å²) in [5, 5.41) is 4.66. The number of aromatic nitrogens is 1. The van der Waals surface area contributed by atoms with Gasteiger partial charge in [0, 0.05) is 60.4 Å². The van der Waals surface area contributed by atoms with Gasteiger partial charge in [-0.05, 0) is 62.9 Å². The van der Waals surface area contributed by atoms with E-state index >= 15 is 0 Å². The molecule has 0 saturated carbocycles. The van der Waals surface area contributed by atoms with Crippen LogP contribution in [0.3, 0.4) is 0 Å². The first-order valence-electron chi connectivity index (χ1n) is 10.7. The number of fused-ring (bicyclic) bond motifs is 2. The fourth-order valence-corrected chi connectivity index (χ4v) is 5.32. The number of rotatable bonds is 5. The molecule has 4 N–H and O–H groups in total. The van der Waals surface area contributed by atoms with Gasteiger partial charge >= 0.3 is 6.03 Å². The number of piperidine rings is 1. The van der Waals surface area contributed by atoms with E-state index in [0.717, 1.165) is 56.6 Å². The van der Waals surface area contributed by atoms with Crippen molar-refractivity contribution in [3.05, 3.63) is 29.5 Å². The van der Waals surface area contributed by atoms with E-state index in [-0.39, 0.29) is 12.1 Å². The number of aromatic amines is 1. The molecule has 0 radical (unpaired) electrons. The third-order valence-electron chi connectivity index (χ3n) is 6.56. The molecule has 1 aliphatic heterocycles. The van der Waals surface area contributed by atoms with Crippen LogP contribution in [0.2, 0.25) is 0 Å². The Morgan fingerprint density at radius 3 is 2.82 bits per heavy atom. The van der Waals surface area contributed by atoms with Crippen LogP contribution in [-0.2, 0) is 6.42 Å². The quantitative estimate of drug-likeness (QED) is 0.693. The van der Waals surface area contributed by atoms with Crippen LogP contribution in [0.1, 0.15) is 50.7 Å². The first-order chi connectivity index (χ1) is 13.5. The number of nitrogen functional groups attached to an aromatic ring is 1. The molecule has 1 aromatic heterocycles. The molecule has 1 aromatic carbocycles. The van der Waals surface area contributed by atoms with Crippen LogP contribution < -0.4 is 11.1 Å². The van der Waals surface area contributed by atoms with Crippen molar-refractivity contribution >= 4 is 22.6 Å². The number of urea groups is 1. The molecule has 0 spiro atoms. The molecule has 3 atom stereocenters. The molecular weight excluding hydrogens is 350 g/mol. The summed E-state index contributed by atoms with van der Waals surface area (Å²) in [6.07, 6.45) is 5.31. The highest BCUT2D eigenvalue weighted by Crippen LogP contribution is 2.44. The van der Waals surface area contributed by atoms with Crippen LogP contribution in [0.4, 0.5) is 10.5 Å². The zero-order valence-electron chi connectivity index (χ0n) is 17.3. The Morgan fingerprint density at radius 2 is 2.11 bits per heavy atom. The smallest absolute Gasteiger partial charge is 0.317 e. The minimum Gasteiger partial charge on any atom is -0.399 e. The van der Waals surface area contributed by atoms with Gasteiger partial charge in [-0.15, -0.1) is 0 Å². The molecule has 2 aliphatic rings. The summed E-state index contributed by atoms with van der Waals surface area (Å²) in [5.74, 6) is 0.400. The average molecular weight is 384 g/mol. The summed E-state index contributed by atoms with van der Waals surface area (Å²) < 4.78 is 0. The molecule has 6 nitrogen and oxygen atoms in total. The van der Waals surface area contributed by atoms with Gasteiger partial charge < -0.3 is 20.9 Å². The molecule has 152 valence electrons. The SMILES string of the molecule is CCCN1C[C@@H](NC(=O)N(CC)CC)CC2c3cc(N)cc4[nH]cc(c34)C[C@H]21. The summed E-state index contributed by atoms with van der Waals surface area (Å²) in [4.78, 5) is 20.5. The number of H-pyrrole nitrogens is 1. The number of hydrogen-bond acceptors (Lipinski definition) is 3. The molecule has 1 saturated heterocycles. The van der Waals surface area contributed by atoms with Crippen LogP contribution in [0.15, 0.2) is 18.3 Å². The van der Waals surface area contributed by atoms with Gasteiger partial charge in [0.15, 0.2) is 0 Å². The number of carbonyl (C=O) groups excluding carboxylic acids is 1. The predicted octanol–water partition coefficient (Wildman–Crippen LogP) is 3.29. The fraction of sp³-hybridized carbons (Fsp3) is 0.591. The highest BCUT2D eigenvalue weighted by atomic mass is 16.2. The van der Waals surface area contributed by atoms with Crippen LogP contribution in [0.25, 0.3) is 10.9 Å². The average Bonchev–Trinajstić information content (AvgIpc) is 3.07. The van der Waals surface area contributed by atoms with Crippen molar-refractivity contribution < 1.29 is 4.79 Å². The second kappa shape index (κ2) is 7.66. The van der Waals surface area contributed by atoms with Crippen molar-refractivity contribution in [2.45, 2.75) is 58.0 Å². The van der Waals surface area contributed by atoms with Crippen molar-refractivity contribution in [3.63, 3.8) is 0 Å². The normalized spacial score (nSPS) is 24.2. The Kier molecular flexibility index (Phi) is 5.23. The van der Waals surface area contributed by atoms with Gasteiger partial charge in [0.05, 0.1) is 0 Å². The maximum absolute atomic E-state index is 12.7. The lowest BCUT2D eigenvalue weighted by Gasteiger charge is -2.47. The number of anilines is 1. The van der Waals surface area contributed by atoms with Crippen molar-refractivity contribution in [1.82, 2.24) is 20.1 Å². The fourth-order valence-electron chi connectivity index (χ4n) is 5.32. The van der Waals surface area contributed by atoms with E-state index in [1.807, 2.05) is 24.8 Å². The van der Waals surface area contributed by atoms with E-state index in [4.69, 9.17) is 5.73 Å². The summed E-state index contributed by atoms with van der Waals surface area (Å²) in [6, 6.07) is 4.90. The standard InChI is InChI=1S/C22H33N5O/c1-4-7-27-13-16(25-22(28)26(5-2)6-3)11-17-18-9-15(23)10-19-21(18)14(12-24-19)8-20(17)27/h9-10,12,16-17,20,24H,4-8,11,13,23H2,1-3H3,(H,25,28)/t16-,17?,20+/m0/s1. The van der Waals surface area contributed by atoms with Gasteiger partial charge in [-0.25, -0.2) is 4.79 Å². The first-order valence-corrected chi connectivity index (χ1v) is 10.7. The van der Waals surface area contributed by atoms with Crippen molar-refractivity contribution in [2.75, 3.05) is 31.9 Å².